The normalized spacial score (nSPS) is 10.2. The fourth-order valence-electron chi connectivity index (χ4n) is 1.52. The van der Waals surface area contributed by atoms with E-state index in [1.54, 1.807) is 24.5 Å². The highest BCUT2D eigenvalue weighted by Gasteiger charge is 2.17. The van der Waals surface area contributed by atoms with Crippen molar-refractivity contribution in [2.24, 2.45) is 0 Å². The number of hydrogen-bond acceptors (Lipinski definition) is 4. The third-order valence-electron chi connectivity index (χ3n) is 2.22. The van der Waals surface area contributed by atoms with E-state index in [0.29, 0.717) is 16.4 Å². The number of carbonyl (C=O) groups is 1. The Kier molecular flexibility index (Phi) is 3.01. The largest absolute Gasteiger partial charge is 0.465 e. The zero-order chi connectivity index (χ0) is 12.4. The van der Waals surface area contributed by atoms with E-state index in [1.165, 1.54) is 17.9 Å². The Hall–Kier alpha value is -2.01. The molecular weight excluding hydrogens is 242 g/mol. The molecule has 1 heterocycles. The number of anilines is 1. The van der Waals surface area contributed by atoms with Crippen molar-refractivity contribution in [2.75, 3.05) is 12.8 Å². The predicted molar refractivity (Wildman–Crippen MR) is 64.3 cm³/mol. The van der Waals surface area contributed by atoms with E-state index in [-0.39, 0.29) is 5.56 Å². The predicted octanol–water partition coefficient (Wildman–Crippen LogP) is 1.89. The maximum atomic E-state index is 11.7. The van der Waals surface area contributed by atoms with Crippen molar-refractivity contribution in [1.29, 1.82) is 0 Å². The monoisotopic (exact) mass is 251 g/mol. The number of ether oxygens (including phenoxy) is 1. The molecule has 0 aliphatic rings. The summed E-state index contributed by atoms with van der Waals surface area (Å²) in [6, 6.07) is 4.80. The molecule has 2 N–H and O–H groups in total. The number of carbonyl (C=O) groups excluding carboxylic acids is 1. The van der Waals surface area contributed by atoms with Crippen molar-refractivity contribution >= 4 is 23.3 Å². The third kappa shape index (κ3) is 2.09. The van der Waals surface area contributed by atoms with Crippen LogP contribution in [0, 0.1) is 0 Å². The molecule has 0 atom stereocenters. The number of nitrogens with zero attached hydrogens (tertiary/aromatic N) is 2. The molecule has 0 radical (unpaired) electrons. The molecule has 17 heavy (non-hydrogen) atoms. The number of nitrogen functional groups attached to an aromatic ring is 1. The van der Waals surface area contributed by atoms with Crippen molar-refractivity contribution < 1.29 is 9.53 Å². The first-order valence-corrected chi connectivity index (χ1v) is 5.18. The van der Waals surface area contributed by atoms with Crippen LogP contribution in [0.3, 0.4) is 0 Å². The van der Waals surface area contributed by atoms with E-state index in [0.717, 1.165) is 0 Å². The van der Waals surface area contributed by atoms with Crippen molar-refractivity contribution in [1.82, 2.24) is 9.78 Å². The van der Waals surface area contributed by atoms with Gasteiger partial charge in [0.05, 0.1) is 23.4 Å². The number of methoxy groups -OCH3 is 1. The maximum absolute atomic E-state index is 11.7. The summed E-state index contributed by atoms with van der Waals surface area (Å²) in [6.07, 6.45) is 3.28. The molecule has 0 saturated carbocycles. The summed E-state index contributed by atoms with van der Waals surface area (Å²) in [6.45, 7) is 0. The third-order valence-corrected chi connectivity index (χ3v) is 2.51. The van der Waals surface area contributed by atoms with E-state index in [9.17, 15) is 4.79 Å². The number of halogens is 1. The second-order valence-electron chi connectivity index (χ2n) is 3.34. The molecule has 2 rings (SSSR count). The lowest BCUT2D eigenvalue weighted by molar-refractivity contribution is 0.0600. The number of hydrogen-bond donors (Lipinski definition) is 1. The average molecular weight is 252 g/mol. The summed E-state index contributed by atoms with van der Waals surface area (Å²) in [5.41, 5.74) is 6.78. The molecule has 0 saturated heterocycles. The second kappa shape index (κ2) is 4.47. The molecule has 2 aromatic rings. The highest BCUT2D eigenvalue weighted by molar-refractivity contribution is 6.33. The smallest absolute Gasteiger partial charge is 0.340 e. The van der Waals surface area contributed by atoms with Gasteiger partial charge in [0.2, 0.25) is 0 Å². The summed E-state index contributed by atoms with van der Waals surface area (Å²) in [5, 5.41) is 4.38. The first-order valence-electron chi connectivity index (χ1n) is 4.81. The van der Waals surface area contributed by atoms with Crippen molar-refractivity contribution in [3.05, 3.63) is 41.2 Å². The molecule has 0 amide bonds. The molecule has 0 bridgehead atoms. The van der Waals surface area contributed by atoms with Crippen LogP contribution in [0.15, 0.2) is 30.6 Å². The Bertz CT molecular complexity index is 552. The first kappa shape index (κ1) is 11.5. The molecule has 0 aliphatic carbocycles. The van der Waals surface area contributed by atoms with Crippen molar-refractivity contribution in [3.63, 3.8) is 0 Å². The number of nitrogens with two attached hydrogens (primary N) is 1. The van der Waals surface area contributed by atoms with E-state index in [4.69, 9.17) is 22.1 Å². The molecular formula is C11H10ClN3O2. The van der Waals surface area contributed by atoms with Crippen LogP contribution in [0.1, 0.15) is 10.4 Å². The lowest BCUT2D eigenvalue weighted by Gasteiger charge is -2.11. The minimum absolute atomic E-state index is 0.279. The highest BCUT2D eigenvalue weighted by atomic mass is 35.5. The zero-order valence-electron chi connectivity index (χ0n) is 9.05. The molecule has 0 aliphatic heterocycles. The molecule has 1 aromatic carbocycles. The summed E-state index contributed by atoms with van der Waals surface area (Å²) >= 11 is 6.08. The van der Waals surface area contributed by atoms with Crippen LogP contribution in [-0.2, 0) is 4.74 Å². The van der Waals surface area contributed by atoms with Gasteiger partial charge in [0.1, 0.15) is 0 Å². The summed E-state index contributed by atoms with van der Waals surface area (Å²) in [4.78, 5) is 11.7. The Morgan fingerprint density at radius 1 is 1.53 bits per heavy atom. The fraction of sp³-hybridized carbons (Fsp3) is 0.0909. The van der Waals surface area contributed by atoms with Crippen molar-refractivity contribution in [3.8, 4) is 5.69 Å². The Morgan fingerprint density at radius 3 is 2.88 bits per heavy atom. The number of aromatic nitrogens is 2. The van der Waals surface area contributed by atoms with E-state index >= 15 is 0 Å². The minimum atomic E-state index is -0.510. The highest BCUT2D eigenvalue weighted by Crippen LogP contribution is 2.27. The SMILES string of the molecule is COC(=O)c1cc(N)cc(Cl)c1-n1cccn1. The minimum Gasteiger partial charge on any atom is -0.465 e. The molecule has 0 spiro atoms. The molecule has 0 unspecified atom stereocenters. The first-order chi connectivity index (χ1) is 8.13. The number of esters is 1. The fourth-order valence-corrected chi connectivity index (χ4v) is 1.83. The van der Waals surface area contributed by atoms with E-state index in [2.05, 4.69) is 5.10 Å². The molecule has 1 aromatic heterocycles. The number of rotatable bonds is 2. The van der Waals surface area contributed by atoms with Crippen LogP contribution >= 0.6 is 11.6 Å². The van der Waals surface area contributed by atoms with Gasteiger partial charge in [-0.05, 0) is 18.2 Å². The standard InChI is InChI=1S/C11H10ClN3O2/c1-17-11(16)8-5-7(13)6-9(12)10(8)15-4-2-3-14-15/h2-6H,13H2,1H3. The Morgan fingerprint density at radius 2 is 2.29 bits per heavy atom. The zero-order valence-corrected chi connectivity index (χ0v) is 9.81. The van der Waals surface area contributed by atoms with Gasteiger partial charge in [-0.25, -0.2) is 9.48 Å². The second-order valence-corrected chi connectivity index (χ2v) is 3.75. The lowest BCUT2D eigenvalue weighted by atomic mass is 10.1. The summed E-state index contributed by atoms with van der Waals surface area (Å²) < 4.78 is 6.18. The van der Waals surface area contributed by atoms with Crippen LogP contribution in [-0.4, -0.2) is 22.9 Å². The molecule has 5 nitrogen and oxygen atoms in total. The Labute approximate surface area is 103 Å². The van der Waals surface area contributed by atoms with Gasteiger partial charge in [0, 0.05) is 18.1 Å². The van der Waals surface area contributed by atoms with Crippen LogP contribution in [0.5, 0.6) is 0 Å². The number of benzene rings is 1. The van der Waals surface area contributed by atoms with Gasteiger partial charge in [-0.3, -0.25) is 0 Å². The quantitative estimate of drug-likeness (QED) is 0.654. The summed E-state index contributed by atoms with van der Waals surface area (Å²) in [7, 11) is 1.30. The van der Waals surface area contributed by atoms with Crippen LogP contribution < -0.4 is 5.73 Å². The molecule has 0 fully saturated rings. The average Bonchev–Trinajstić information content (AvgIpc) is 2.80. The topological polar surface area (TPSA) is 70.1 Å². The van der Waals surface area contributed by atoms with Crippen LogP contribution in [0.25, 0.3) is 5.69 Å². The van der Waals surface area contributed by atoms with Crippen LogP contribution in [0.2, 0.25) is 5.02 Å². The molecule has 88 valence electrons. The molecule has 6 heteroatoms. The van der Waals surface area contributed by atoms with Gasteiger partial charge in [-0.2, -0.15) is 5.10 Å². The Balaban J connectivity index is 2.68. The lowest BCUT2D eigenvalue weighted by Crippen LogP contribution is -2.09. The van der Waals surface area contributed by atoms with Crippen molar-refractivity contribution in [2.45, 2.75) is 0 Å². The van der Waals surface area contributed by atoms with E-state index < -0.39 is 5.97 Å². The maximum Gasteiger partial charge on any atom is 0.340 e. The van der Waals surface area contributed by atoms with Crippen LogP contribution in [0.4, 0.5) is 5.69 Å². The van der Waals surface area contributed by atoms with Gasteiger partial charge < -0.3 is 10.5 Å². The van der Waals surface area contributed by atoms with Gasteiger partial charge in [0.25, 0.3) is 0 Å². The van der Waals surface area contributed by atoms with Gasteiger partial charge in [0.15, 0.2) is 0 Å². The van der Waals surface area contributed by atoms with Gasteiger partial charge >= 0.3 is 5.97 Å². The summed E-state index contributed by atoms with van der Waals surface area (Å²) in [5.74, 6) is -0.510. The van der Waals surface area contributed by atoms with Gasteiger partial charge in [-0.15, -0.1) is 0 Å². The van der Waals surface area contributed by atoms with Gasteiger partial charge in [-0.1, -0.05) is 11.6 Å². The van der Waals surface area contributed by atoms with E-state index in [1.807, 2.05) is 0 Å².